The molecule has 2 aromatic heterocycles. The molecule has 0 fully saturated rings. The third kappa shape index (κ3) is 3.08. The fourth-order valence-electron chi connectivity index (χ4n) is 3.76. The SMILES string of the molecule is COC(=O)c1cc(C(=O)c2c(C)c(-c3cccc(O)c3)c3ccccn23)ccc1N. The maximum Gasteiger partial charge on any atom is 0.339 e. The number of aromatic hydroxyl groups is 1. The van der Waals surface area contributed by atoms with Crippen molar-refractivity contribution in [3.63, 3.8) is 0 Å². The predicted octanol–water partition coefficient (Wildman–Crippen LogP) is 4.22. The second kappa shape index (κ2) is 7.40. The Morgan fingerprint density at radius 1 is 1.03 bits per heavy atom. The number of fused-ring (bicyclic) bond motifs is 1. The Labute approximate surface area is 173 Å². The van der Waals surface area contributed by atoms with Crippen LogP contribution in [0.2, 0.25) is 0 Å². The van der Waals surface area contributed by atoms with Gasteiger partial charge in [-0.1, -0.05) is 18.2 Å². The Hall–Kier alpha value is -4.06. The first-order valence-corrected chi connectivity index (χ1v) is 9.34. The van der Waals surface area contributed by atoms with Gasteiger partial charge < -0.3 is 20.0 Å². The number of rotatable bonds is 4. The van der Waals surface area contributed by atoms with Gasteiger partial charge in [-0.05, 0) is 60.5 Å². The van der Waals surface area contributed by atoms with E-state index >= 15 is 0 Å². The van der Waals surface area contributed by atoms with E-state index in [4.69, 9.17) is 10.5 Å². The van der Waals surface area contributed by atoms with Gasteiger partial charge in [-0.15, -0.1) is 0 Å². The van der Waals surface area contributed by atoms with Crippen LogP contribution in [0.4, 0.5) is 5.69 Å². The van der Waals surface area contributed by atoms with Crippen LogP contribution >= 0.6 is 0 Å². The number of ether oxygens (including phenoxy) is 1. The Bertz CT molecular complexity index is 1300. The fraction of sp³-hybridized carbons (Fsp3) is 0.0833. The lowest BCUT2D eigenvalue weighted by molar-refractivity contribution is 0.0602. The number of hydrogen-bond donors (Lipinski definition) is 2. The molecule has 0 bridgehead atoms. The molecule has 4 aromatic rings. The molecule has 4 rings (SSSR count). The molecule has 2 heterocycles. The molecule has 0 aliphatic heterocycles. The highest BCUT2D eigenvalue weighted by Crippen LogP contribution is 2.35. The van der Waals surface area contributed by atoms with Gasteiger partial charge in [0.2, 0.25) is 5.78 Å². The van der Waals surface area contributed by atoms with E-state index < -0.39 is 5.97 Å². The Kier molecular flexibility index (Phi) is 4.75. The van der Waals surface area contributed by atoms with Gasteiger partial charge in [0.1, 0.15) is 5.75 Å². The average Bonchev–Trinajstić information content (AvgIpc) is 3.04. The summed E-state index contributed by atoms with van der Waals surface area (Å²) in [6, 6.07) is 17.2. The molecule has 0 aliphatic carbocycles. The van der Waals surface area contributed by atoms with Gasteiger partial charge in [-0.25, -0.2) is 4.79 Å². The minimum Gasteiger partial charge on any atom is -0.508 e. The van der Waals surface area contributed by atoms with Crippen molar-refractivity contribution in [1.29, 1.82) is 0 Å². The van der Waals surface area contributed by atoms with E-state index in [1.165, 1.54) is 19.2 Å². The lowest BCUT2D eigenvalue weighted by Gasteiger charge is -2.08. The van der Waals surface area contributed by atoms with Crippen molar-refractivity contribution in [2.24, 2.45) is 0 Å². The second-order valence-electron chi connectivity index (χ2n) is 6.98. The van der Waals surface area contributed by atoms with Crippen LogP contribution in [0.25, 0.3) is 16.6 Å². The summed E-state index contributed by atoms with van der Waals surface area (Å²) in [7, 11) is 1.27. The summed E-state index contributed by atoms with van der Waals surface area (Å²) in [6.07, 6.45) is 1.82. The standard InChI is InChI=1S/C24H20N2O4/c1-14-21(15-6-5-7-17(27)12-15)20-8-3-4-11-26(20)22(14)23(28)16-9-10-19(25)18(13-16)24(29)30-2/h3-13,27H,25H2,1-2H3. The summed E-state index contributed by atoms with van der Waals surface area (Å²) in [4.78, 5) is 25.5. The maximum absolute atomic E-state index is 13.5. The number of anilines is 1. The van der Waals surface area contributed by atoms with Crippen molar-refractivity contribution in [1.82, 2.24) is 4.40 Å². The number of carbonyl (C=O) groups is 2. The third-order valence-corrected chi connectivity index (χ3v) is 5.16. The molecule has 0 amide bonds. The number of phenols is 1. The molecule has 2 aromatic carbocycles. The molecule has 6 heteroatoms. The number of nitrogens with two attached hydrogens (primary N) is 1. The van der Waals surface area contributed by atoms with Gasteiger partial charge in [0.15, 0.2) is 0 Å². The van der Waals surface area contributed by atoms with E-state index in [9.17, 15) is 14.7 Å². The first-order chi connectivity index (χ1) is 14.4. The zero-order valence-corrected chi connectivity index (χ0v) is 16.5. The number of nitrogen functional groups attached to an aromatic ring is 1. The first-order valence-electron chi connectivity index (χ1n) is 9.34. The minimum absolute atomic E-state index is 0.148. The number of pyridine rings is 1. The summed E-state index contributed by atoms with van der Waals surface area (Å²) in [5, 5.41) is 9.93. The smallest absolute Gasteiger partial charge is 0.339 e. The highest BCUT2D eigenvalue weighted by molar-refractivity contribution is 6.13. The van der Waals surface area contributed by atoms with Crippen LogP contribution in [0, 0.1) is 6.92 Å². The third-order valence-electron chi connectivity index (χ3n) is 5.16. The molecule has 3 N–H and O–H groups in total. The number of nitrogens with zero attached hydrogens (tertiary/aromatic N) is 1. The van der Waals surface area contributed by atoms with Crippen LogP contribution in [-0.4, -0.2) is 28.4 Å². The number of phenolic OH excluding ortho intramolecular Hbond substituents is 1. The van der Waals surface area contributed by atoms with Gasteiger partial charge in [0, 0.05) is 23.0 Å². The second-order valence-corrected chi connectivity index (χ2v) is 6.98. The van der Waals surface area contributed by atoms with Crippen LogP contribution in [0.15, 0.2) is 66.9 Å². The Balaban J connectivity index is 1.93. The zero-order valence-electron chi connectivity index (χ0n) is 16.5. The molecule has 0 saturated carbocycles. The van der Waals surface area contributed by atoms with Crippen molar-refractivity contribution in [3.8, 4) is 16.9 Å². The predicted molar refractivity (Wildman–Crippen MR) is 115 cm³/mol. The molecular formula is C24H20N2O4. The van der Waals surface area contributed by atoms with Crippen LogP contribution in [-0.2, 0) is 4.74 Å². The molecule has 0 atom stereocenters. The largest absolute Gasteiger partial charge is 0.508 e. The minimum atomic E-state index is -0.598. The molecular weight excluding hydrogens is 380 g/mol. The number of benzene rings is 2. The zero-order chi connectivity index (χ0) is 21.4. The van der Waals surface area contributed by atoms with E-state index in [2.05, 4.69) is 0 Å². The first kappa shape index (κ1) is 19.3. The molecule has 0 spiro atoms. The van der Waals surface area contributed by atoms with E-state index in [0.717, 1.165) is 22.2 Å². The van der Waals surface area contributed by atoms with Gasteiger partial charge in [0.25, 0.3) is 0 Å². The van der Waals surface area contributed by atoms with E-state index in [1.807, 2.05) is 41.8 Å². The normalized spacial score (nSPS) is 10.9. The topological polar surface area (TPSA) is 94.0 Å². The number of esters is 1. The van der Waals surface area contributed by atoms with Crippen molar-refractivity contribution in [2.75, 3.05) is 12.8 Å². The number of methoxy groups -OCH3 is 1. The number of hydrogen-bond acceptors (Lipinski definition) is 5. The summed E-state index contributed by atoms with van der Waals surface area (Å²) < 4.78 is 6.59. The van der Waals surface area contributed by atoms with Gasteiger partial charge >= 0.3 is 5.97 Å². The van der Waals surface area contributed by atoms with Gasteiger partial charge in [0.05, 0.1) is 23.9 Å². The van der Waals surface area contributed by atoms with Crippen molar-refractivity contribution in [2.45, 2.75) is 6.92 Å². The van der Waals surface area contributed by atoms with Crippen LogP contribution < -0.4 is 5.73 Å². The molecule has 30 heavy (non-hydrogen) atoms. The monoisotopic (exact) mass is 400 g/mol. The molecule has 0 radical (unpaired) electrons. The van der Waals surface area contributed by atoms with Crippen LogP contribution in [0.5, 0.6) is 5.75 Å². The van der Waals surface area contributed by atoms with Gasteiger partial charge in [-0.2, -0.15) is 0 Å². The highest BCUT2D eigenvalue weighted by Gasteiger charge is 2.24. The number of aromatic nitrogens is 1. The summed E-state index contributed by atoms with van der Waals surface area (Å²) in [5.74, 6) is -0.694. The van der Waals surface area contributed by atoms with Crippen molar-refractivity contribution in [3.05, 3.63) is 89.2 Å². The van der Waals surface area contributed by atoms with E-state index in [0.29, 0.717) is 11.3 Å². The highest BCUT2D eigenvalue weighted by atomic mass is 16.5. The van der Waals surface area contributed by atoms with Crippen molar-refractivity contribution < 1.29 is 19.4 Å². The molecule has 0 aliphatic rings. The summed E-state index contributed by atoms with van der Waals surface area (Å²) in [5.41, 5.74) is 10.4. The quantitative estimate of drug-likeness (QED) is 0.304. The lowest BCUT2D eigenvalue weighted by Crippen LogP contribution is -2.11. The number of carbonyl (C=O) groups excluding carboxylic acids is 2. The fourth-order valence-corrected chi connectivity index (χ4v) is 3.76. The molecule has 0 unspecified atom stereocenters. The lowest BCUT2D eigenvalue weighted by atomic mass is 9.98. The summed E-state index contributed by atoms with van der Waals surface area (Å²) >= 11 is 0. The van der Waals surface area contributed by atoms with E-state index in [1.54, 1.807) is 24.3 Å². The van der Waals surface area contributed by atoms with Crippen LogP contribution in [0.1, 0.15) is 32.0 Å². The maximum atomic E-state index is 13.5. The van der Waals surface area contributed by atoms with E-state index in [-0.39, 0.29) is 22.8 Å². The molecule has 150 valence electrons. The molecule has 6 nitrogen and oxygen atoms in total. The average molecular weight is 400 g/mol. The Morgan fingerprint density at radius 3 is 2.57 bits per heavy atom. The van der Waals surface area contributed by atoms with Crippen LogP contribution in [0.3, 0.4) is 0 Å². The van der Waals surface area contributed by atoms with Crippen molar-refractivity contribution >= 4 is 23.0 Å². The summed E-state index contributed by atoms with van der Waals surface area (Å²) in [6.45, 7) is 1.87. The molecule has 0 saturated heterocycles. The number of ketones is 1. The Morgan fingerprint density at radius 2 is 1.83 bits per heavy atom. The van der Waals surface area contributed by atoms with Gasteiger partial charge in [-0.3, -0.25) is 4.79 Å².